The lowest BCUT2D eigenvalue weighted by molar-refractivity contribution is 0.0901. The van der Waals surface area contributed by atoms with Crippen molar-refractivity contribution in [3.05, 3.63) is 36.0 Å². The predicted molar refractivity (Wildman–Crippen MR) is 77.2 cm³/mol. The van der Waals surface area contributed by atoms with E-state index < -0.39 is 0 Å². The first-order chi connectivity index (χ1) is 10.3. The summed E-state index contributed by atoms with van der Waals surface area (Å²) < 4.78 is 5.15. The molecule has 0 aromatic carbocycles. The molecule has 21 heavy (non-hydrogen) atoms. The number of anilines is 1. The minimum atomic E-state index is -0.0581. The third-order valence-corrected chi connectivity index (χ3v) is 3.75. The lowest BCUT2D eigenvalue weighted by atomic mass is 9.92. The maximum atomic E-state index is 12.5. The predicted octanol–water partition coefficient (Wildman–Crippen LogP) is 2.13. The van der Waals surface area contributed by atoms with E-state index in [0.29, 0.717) is 24.1 Å². The van der Waals surface area contributed by atoms with Gasteiger partial charge in [0.05, 0.1) is 0 Å². The van der Waals surface area contributed by atoms with E-state index in [4.69, 9.17) is 4.52 Å². The van der Waals surface area contributed by atoms with Crippen molar-refractivity contribution in [1.82, 2.24) is 15.1 Å². The van der Waals surface area contributed by atoms with Gasteiger partial charge in [-0.2, -0.15) is 4.98 Å². The lowest BCUT2D eigenvalue weighted by Crippen LogP contribution is -2.39. The molecule has 2 aromatic heterocycles. The van der Waals surface area contributed by atoms with Crippen molar-refractivity contribution in [1.29, 1.82) is 0 Å². The van der Waals surface area contributed by atoms with E-state index in [9.17, 15) is 4.79 Å². The Hall–Kier alpha value is -2.24. The minimum absolute atomic E-state index is 0.0581. The Morgan fingerprint density at radius 3 is 3.10 bits per heavy atom. The van der Waals surface area contributed by atoms with Crippen LogP contribution in [-0.2, 0) is 6.42 Å². The van der Waals surface area contributed by atoms with E-state index in [1.807, 2.05) is 24.0 Å². The molecule has 1 unspecified atom stereocenters. The molecule has 1 aliphatic heterocycles. The highest BCUT2D eigenvalue weighted by molar-refractivity contribution is 5.96. The van der Waals surface area contributed by atoms with Crippen LogP contribution >= 0.6 is 0 Å². The highest BCUT2D eigenvalue weighted by Crippen LogP contribution is 2.23. The largest absolute Gasteiger partial charge is 0.337 e. The number of ketones is 1. The Bertz CT molecular complexity index is 611. The first kappa shape index (κ1) is 13.7. The number of carbonyl (C=O) groups excluding carboxylic acids is 1. The monoisotopic (exact) mass is 286 g/mol. The molecule has 2 aromatic rings. The van der Waals surface area contributed by atoms with Crippen molar-refractivity contribution < 1.29 is 9.32 Å². The number of carbonyl (C=O) groups is 1. The van der Waals surface area contributed by atoms with Crippen LogP contribution in [-0.4, -0.2) is 34.0 Å². The summed E-state index contributed by atoms with van der Waals surface area (Å²) in [5.74, 6) is 1.25. The number of Topliss-reactive ketones (excluding diaryl/α,β-unsaturated/α-hetero) is 1. The lowest BCUT2D eigenvalue weighted by Gasteiger charge is -2.30. The van der Waals surface area contributed by atoms with Crippen molar-refractivity contribution in [3.63, 3.8) is 0 Å². The van der Waals surface area contributed by atoms with E-state index in [1.165, 1.54) is 0 Å². The number of nitrogens with zero attached hydrogens (tertiary/aromatic N) is 4. The molecule has 0 saturated carbocycles. The summed E-state index contributed by atoms with van der Waals surface area (Å²) in [7, 11) is 0. The van der Waals surface area contributed by atoms with Crippen LogP contribution in [0.3, 0.4) is 0 Å². The third kappa shape index (κ3) is 2.94. The number of aromatic nitrogens is 3. The summed E-state index contributed by atoms with van der Waals surface area (Å²) in [6, 6.07) is 5.42. The zero-order chi connectivity index (χ0) is 14.7. The highest BCUT2D eigenvalue weighted by Gasteiger charge is 2.29. The van der Waals surface area contributed by atoms with Gasteiger partial charge in [0.25, 0.3) is 5.95 Å². The van der Waals surface area contributed by atoms with E-state index in [-0.39, 0.29) is 11.7 Å². The van der Waals surface area contributed by atoms with Gasteiger partial charge >= 0.3 is 0 Å². The first-order valence-corrected chi connectivity index (χ1v) is 7.30. The first-order valence-electron chi connectivity index (χ1n) is 7.30. The molecule has 6 nitrogen and oxygen atoms in total. The van der Waals surface area contributed by atoms with Gasteiger partial charge in [-0.05, 0) is 30.1 Å². The quantitative estimate of drug-likeness (QED) is 0.802. The van der Waals surface area contributed by atoms with Gasteiger partial charge in [-0.15, -0.1) is 0 Å². The average molecular weight is 286 g/mol. The fourth-order valence-electron chi connectivity index (χ4n) is 2.61. The molecule has 1 saturated heterocycles. The van der Waals surface area contributed by atoms with Crippen LogP contribution in [0.4, 0.5) is 5.95 Å². The van der Waals surface area contributed by atoms with Gasteiger partial charge in [0.1, 0.15) is 5.69 Å². The van der Waals surface area contributed by atoms with Crippen LogP contribution < -0.4 is 4.90 Å². The molecular formula is C15H18N4O2. The van der Waals surface area contributed by atoms with Crippen molar-refractivity contribution >= 4 is 11.7 Å². The van der Waals surface area contributed by atoms with Gasteiger partial charge in [0.15, 0.2) is 5.78 Å². The third-order valence-electron chi connectivity index (χ3n) is 3.75. The SMILES string of the molecule is CCc1nc(N2CCCC(C(=O)c3ccccn3)C2)no1. The fraction of sp³-hybridized carbons (Fsp3) is 0.467. The number of piperidine rings is 1. The molecule has 1 aliphatic rings. The summed E-state index contributed by atoms with van der Waals surface area (Å²) in [6.45, 7) is 3.45. The van der Waals surface area contributed by atoms with Gasteiger partial charge in [-0.1, -0.05) is 13.0 Å². The van der Waals surface area contributed by atoms with Gasteiger partial charge < -0.3 is 9.42 Å². The van der Waals surface area contributed by atoms with Crippen molar-refractivity contribution in [2.75, 3.05) is 18.0 Å². The Labute approximate surface area is 123 Å². The van der Waals surface area contributed by atoms with Gasteiger partial charge in [0, 0.05) is 31.6 Å². The molecule has 1 fully saturated rings. The van der Waals surface area contributed by atoms with Crippen LogP contribution in [0, 0.1) is 5.92 Å². The second-order valence-corrected chi connectivity index (χ2v) is 5.21. The molecule has 110 valence electrons. The Morgan fingerprint density at radius 2 is 2.38 bits per heavy atom. The number of hydrogen-bond acceptors (Lipinski definition) is 6. The smallest absolute Gasteiger partial charge is 0.266 e. The second kappa shape index (κ2) is 6.03. The van der Waals surface area contributed by atoms with Gasteiger partial charge in [0.2, 0.25) is 5.89 Å². The molecule has 0 bridgehead atoms. The number of pyridine rings is 1. The molecule has 0 aliphatic carbocycles. The zero-order valence-corrected chi connectivity index (χ0v) is 12.0. The van der Waals surface area contributed by atoms with Crippen molar-refractivity contribution in [2.24, 2.45) is 5.92 Å². The van der Waals surface area contributed by atoms with E-state index in [2.05, 4.69) is 15.1 Å². The Balaban J connectivity index is 1.72. The van der Waals surface area contributed by atoms with E-state index >= 15 is 0 Å². The summed E-state index contributed by atoms with van der Waals surface area (Å²) in [4.78, 5) is 23.0. The van der Waals surface area contributed by atoms with Crippen LogP contribution in [0.15, 0.2) is 28.9 Å². The summed E-state index contributed by atoms with van der Waals surface area (Å²) >= 11 is 0. The number of rotatable bonds is 4. The zero-order valence-electron chi connectivity index (χ0n) is 12.0. The molecule has 3 heterocycles. The Morgan fingerprint density at radius 1 is 1.48 bits per heavy atom. The molecule has 1 atom stereocenters. The van der Waals surface area contributed by atoms with Crippen molar-refractivity contribution in [2.45, 2.75) is 26.2 Å². The molecule has 0 N–H and O–H groups in total. The minimum Gasteiger partial charge on any atom is -0.337 e. The number of hydrogen-bond donors (Lipinski definition) is 0. The van der Waals surface area contributed by atoms with Gasteiger partial charge in [-0.25, -0.2) is 0 Å². The van der Waals surface area contributed by atoms with Crippen LogP contribution in [0.1, 0.15) is 36.1 Å². The Kier molecular flexibility index (Phi) is 3.94. The second-order valence-electron chi connectivity index (χ2n) is 5.21. The van der Waals surface area contributed by atoms with Gasteiger partial charge in [-0.3, -0.25) is 9.78 Å². The van der Waals surface area contributed by atoms with E-state index in [0.717, 1.165) is 25.8 Å². The molecule has 0 radical (unpaired) electrons. The topological polar surface area (TPSA) is 72.1 Å². The maximum Gasteiger partial charge on any atom is 0.266 e. The molecule has 6 heteroatoms. The number of aryl methyl sites for hydroxylation is 1. The molecule has 0 spiro atoms. The molecular weight excluding hydrogens is 268 g/mol. The summed E-state index contributed by atoms with van der Waals surface area (Å²) in [6.07, 6.45) is 4.20. The average Bonchev–Trinajstić information content (AvgIpc) is 3.04. The fourth-order valence-corrected chi connectivity index (χ4v) is 2.61. The standard InChI is InChI=1S/C15H18N4O2/c1-2-13-17-15(18-21-13)19-9-5-6-11(10-19)14(20)12-7-3-4-8-16-12/h3-4,7-8,11H,2,5-6,9-10H2,1H3. The van der Waals surface area contributed by atoms with Crippen LogP contribution in [0.25, 0.3) is 0 Å². The summed E-state index contributed by atoms with van der Waals surface area (Å²) in [5.41, 5.74) is 0.534. The normalized spacial score (nSPS) is 18.7. The molecule has 0 amide bonds. The highest BCUT2D eigenvalue weighted by atomic mass is 16.5. The van der Waals surface area contributed by atoms with Crippen LogP contribution in [0.5, 0.6) is 0 Å². The van der Waals surface area contributed by atoms with Crippen LogP contribution in [0.2, 0.25) is 0 Å². The summed E-state index contributed by atoms with van der Waals surface area (Å²) in [5, 5.41) is 3.99. The van der Waals surface area contributed by atoms with E-state index in [1.54, 1.807) is 12.3 Å². The maximum absolute atomic E-state index is 12.5. The molecule has 3 rings (SSSR count). The van der Waals surface area contributed by atoms with Crippen molar-refractivity contribution in [3.8, 4) is 0 Å².